The zero-order valence-corrected chi connectivity index (χ0v) is 24.3. The molecule has 0 aromatic heterocycles. The number of rotatable bonds is 3. The van der Waals surface area contributed by atoms with Gasteiger partial charge in [-0.3, -0.25) is 0 Å². The van der Waals surface area contributed by atoms with Crippen LogP contribution in [0.1, 0.15) is 25.0 Å². The minimum Gasteiger partial charge on any atom is -0.372 e. The number of hydrogen-bond acceptors (Lipinski definition) is 6. The van der Waals surface area contributed by atoms with Gasteiger partial charge in [-0.2, -0.15) is 12.7 Å². The van der Waals surface area contributed by atoms with Crippen molar-refractivity contribution >= 4 is 56.1 Å². The van der Waals surface area contributed by atoms with Crippen LogP contribution in [0.15, 0.2) is 34.2 Å². The van der Waals surface area contributed by atoms with E-state index >= 15 is 0 Å². The van der Waals surface area contributed by atoms with Crippen molar-refractivity contribution in [3.63, 3.8) is 0 Å². The van der Waals surface area contributed by atoms with Gasteiger partial charge in [-0.05, 0) is 84.3 Å². The van der Waals surface area contributed by atoms with E-state index in [4.69, 9.17) is 14.9 Å². The Bertz CT molecular complexity index is 1400. The molecule has 3 aliphatic rings. The molecule has 0 radical (unpaired) electrons. The number of anilines is 2. The molecule has 0 aliphatic carbocycles. The van der Waals surface area contributed by atoms with Gasteiger partial charge < -0.3 is 14.5 Å². The van der Waals surface area contributed by atoms with E-state index in [1.807, 2.05) is 0 Å². The molecule has 0 spiro atoms. The number of morpholine rings is 1. The van der Waals surface area contributed by atoms with Gasteiger partial charge in [0, 0.05) is 60.0 Å². The van der Waals surface area contributed by atoms with Crippen LogP contribution in [0.25, 0.3) is 0 Å². The second kappa shape index (κ2) is 9.56. The van der Waals surface area contributed by atoms with Crippen molar-refractivity contribution < 1.29 is 13.2 Å². The molecule has 0 saturated carbocycles. The van der Waals surface area contributed by atoms with E-state index in [1.165, 1.54) is 25.0 Å². The fraction of sp³-hybridized carbons (Fsp3) is 0.500. The first kappa shape index (κ1) is 25.4. The zero-order valence-electron chi connectivity index (χ0n) is 20.5. The second-order valence-electron chi connectivity index (χ2n) is 9.68. The molecule has 2 N–H and O–H groups in total. The van der Waals surface area contributed by atoms with Crippen LogP contribution in [0, 0.1) is 18.4 Å². The molecule has 2 saturated heterocycles. The summed E-state index contributed by atoms with van der Waals surface area (Å²) in [7, 11) is -3.80. The van der Waals surface area contributed by atoms with Gasteiger partial charge in [-0.25, -0.2) is 10.1 Å². The molecule has 0 bridgehead atoms. The summed E-state index contributed by atoms with van der Waals surface area (Å²) in [6.45, 7) is 12.4. The van der Waals surface area contributed by atoms with Gasteiger partial charge in [0.2, 0.25) is 0 Å². The summed E-state index contributed by atoms with van der Waals surface area (Å²) in [5.74, 6) is 0. The maximum Gasteiger partial charge on any atom is 0.277 e. The third-order valence-electron chi connectivity index (χ3n) is 6.86. The number of nitrogens with two attached hydrogens (primary N) is 1. The maximum absolute atomic E-state index is 11.7. The molecule has 1 unspecified atom stereocenters. The van der Waals surface area contributed by atoms with Gasteiger partial charge in [0.05, 0.1) is 23.3 Å². The number of fused-ring (bicyclic) bond motifs is 2. The Balaban J connectivity index is 1.53. The van der Waals surface area contributed by atoms with Crippen LogP contribution in [0.3, 0.4) is 0 Å². The van der Waals surface area contributed by atoms with E-state index in [-0.39, 0.29) is 19.9 Å². The smallest absolute Gasteiger partial charge is 0.277 e. The Hall–Kier alpha value is -1.25. The summed E-state index contributed by atoms with van der Waals surface area (Å²) in [4.78, 5) is 11.1. The van der Waals surface area contributed by atoms with E-state index in [0.717, 1.165) is 35.4 Å². The molecule has 3 aliphatic heterocycles. The largest absolute Gasteiger partial charge is 0.372 e. The SMILES string of the molecule is Cc1cc(N2C[C@@H](C)O[C@@H](C)C2)cc2c1N=c1c(C)cc(N3CCN(S(N)(=O)=O)CC3)cc1=S2I. The fourth-order valence-corrected chi connectivity index (χ4v) is 9.33. The Morgan fingerprint density at radius 3 is 2.20 bits per heavy atom. The second-order valence-corrected chi connectivity index (χ2v) is 15.3. The van der Waals surface area contributed by atoms with E-state index in [1.54, 1.807) is 0 Å². The summed E-state index contributed by atoms with van der Waals surface area (Å²) < 4.78 is 31.9. The maximum atomic E-state index is 11.7. The molecule has 0 amide bonds. The molecule has 5 rings (SSSR count). The van der Waals surface area contributed by atoms with Crippen LogP contribution >= 0.6 is 28.9 Å². The van der Waals surface area contributed by atoms with Crippen LogP contribution in [-0.2, 0) is 14.9 Å². The summed E-state index contributed by atoms with van der Waals surface area (Å²) >= 11 is 2.57. The van der Waals surface area contributed by atoms with Crippen LogP contribution in [0.2, 0.25) is 0 Å². The van der Waals surface area contributed by atoms with Crippen molar-refractivity contribution in [1.29, 1.82) is 0 Å². The van der Waals surface area contributed by atoms with Crippen LogP contribution in [0.5, 0.6) is 0 Å². The van der Waals surface area contributed by atoms with Crippen molar-refractivity contribution in [2.45, 2.75) is 44.8 Å². The minimum absolute atomic E-state index is 0.163. The van der Waals surface area contributed by atoms with Crippen molar-refractivity contribution in [3.8, 4) is 0 Å². The van der Waals surface area contributed by atoms with Gasteiger partial charge in [0.1, 0.15) is 0 Å². The molecule has 2 fully saturated rings. The number of piperazine rings is 1. The highest BCUT2D eigenvalue weighted by Crippen LogP contribution is 2.48. The average Bonchev–Trinajstić information content (AvgIpc) is 2.79. The summed E-state index contributed by atoms with van der Waals surface area (Å²) in [5, 5.41) is 6.39. The molecule has 3 atom stereocenters. The van der Waals surface area contributed by atoms with E-state index < -0.39 is 10.2 Å². The van der Waals surface area contributed by atoms with Gasteiger partial charge in [0.15, 0.2) is 0 Å². The quantitative estimate of drug-likeness (QED) is 0.415. The predicted molar refractivity (Wildman–Crippen MR) is 151 cm³/mol. The molecular formula is C24H32IN5O3S2. The Labute approximate surface area is 221 Å². The monoisotopic (exact) mass is 629 g/mol. The van der Waals surface area contributed by atoms with Crippen LogP contribution < -0.4 is 20.3 Å². The first-order valence-electron chi connectivity index (χ1n) is 11.9. The molecular weight excluding hydrogens is 597 g/mol. The minimum atomic E-state index is -3.64. The van der Waals surface area contributed by atoms with Gasteiger partial charge in [-0.15, -0.1) is 0 Å². The molecule has 3 heterocycles. The lowest BCUT2D eigenvalue weighted by atomic mass is 10.1. The van der Waals surface area contributed by atoms with Crippen LogP contribution in [0.4, 0.5) is 17.1 Å². The molecule has 8 nitrogen and oxygen atoms in total. The topological polar surface area (TPSA) is 91.5 Å². The van der Waals surface area contributed by atoms with Crippen molar-refractivity contribution in [3.05, 3.63) is 45.3 Å². The summed E-state index contributed by atoms with van der Waals surface area (Å²) in [5.41, 5.74) is 5.79. The first-order chi connectivity index (χ1) is 16.5. The summed E-state index contributed by atoms with van der Waals surface area (Å²) in [6, 6.07) is 9.01. The third-order valence-corrected chi connectivity index (χ3v) is 12.2. The lowest BCUT2D eigenvalue weighted by Crippen LogP contribution is -2.50. The third kappa shape index (κ3) is 4.99. The standard InChI is InChI=1S/C24H32IN5O3S2/c1-15-9-19(28-5-7-30(8-6-28)35(26,31)32)11-21-23(15)27-24-16(2)10-20(12-22(24)34(21)25)29-13-17(3)33-18(4)14-29/h9-12,17-18H,5-8,13-14H2,1-4H3,(H2,26,31,32)/t17-,18+,34?. The highest BCUT2D eigenvalue weighted by Gasteiger charge is 2.26. The number of hydrogen-bond donors (Lipinski definition) is 1. The van der Waals surface area contributed by atoms with Gasteiger partial charge in [0.25, 0.3) is 10.2 Å². The summed E-state index contributed by atoms with van der Waals surface area (Å²) in [6.07, 6.45) is 0.413. The van der Waals surface area contributed by atoms with E-state index in [0.29, 0.717) is 26.2 Å². The van der Waals surface area contributed by atoms with Gasteiger partial charge in [-0.1, -0.05) is 7.66 Å². The van der Waals surface area contributed by atoms with Crippen LogP contribution in [-0.4, -0.2) is 64.2 Å². The average molecular weight is 630 g/mol. The highest BCUT2D eigenvalue weighted by atomic mass is 127. The molecule has 2 aromatic rings. The van der Waals surface area contributed by atoms with Crippen molar-refractivity contribution in [2.24, 2.45) is 10.1 Å². The number of nitrogens with zero attached hydrogens (tertiary/aromatic N) is 4. The number of halogens is 1. The van der Waals surface area contributed by atoms with Crippen molar-refractivity contribution in [2.75, 3.05) is 49.1 Å². The Morgan fingerprint density at radius 2 is 1.57 bits per heavy atom. The number of aryl methyl sites for hydroxylation is 2. The molecule has 11 heteroatoms. The van der Waals surface area contributed by atoms with Crippen molar-refractivity contribution in [1.82, 2.24) is 4.31 Å². The van der Waals surface area contributed by atoms with E-state index in [9.17, 15) is 8.42 Å². The first-order valence-corrected chi connectivity index (χ1v) is 17.1. The predicted octanol–water partition coefficient (Wildman–Crippen LogP) is 3.44. The lowest BCUT2D eigenvalue weighted by molar-refractivity contribution is -0.00523. The Kier molecular flexibility index (Phi) is 6.94. The molecule has 35 heavy (non-hydrogen) atoms. The van der Waals surface area contributed by atoms with E-state index in [2.05, 4.69) is 83.0 Å². The zero-order chi connectivity index (χ0) is 25.1. The van der Waals surface area contributed by atoms with Gasteiger partial charge >= 0.3 is 0 Å². The number of benzene rings is 2. The fourth-order valence-electron chi connectivity index (χ4n) is 5.20. The Morgan fingerprint density at radius 1 is 0.971 bits per heavy atom. The normalized spacial score (nSPS) is 25.1. The lowest BCUT2D eigenvalue weighted by Gasteiger charge is -2.37. The molecule has 2 aromatic carbocycles. The number of ether oxygens (including phenoxy) is 1. The highest BCUT2D eigenvalue weighted by molar-refractivity contribution is 14.2. The molecule has 190 valence electrons.